The smallest absolute Gasteiger partial charge is 0.439 e. The fraction of sp³-hybridized carbons (Fsp3) is 0.377. The highest BCUT2D eigenvalue weighted by Gasteiger charge is 2.48. The summed E-state index contributed by atoms with van der Waals surface area (Å²) in [5.41, 5.74) is -3.63. The zero-order chi connectivity index (χ0) is 54.0. The minimum absolute atomic E-state index is 0.0503. The second-order valence-electron chi connectivity index (χ2n) is 19.2. The molecule has 0 spiro atoms. The predicted molar refractivity (Wildman–Crippen MR) is 284 cm³/mol. The van der Waals surface area contributed by atoms with Crippen molar-refractivity contribution in [2.24, 2.45) is 5.92 Å². The Morgan fingerprint density at radius 3 is 2.20 bits per heavy atom. The molecule has 5 aromatic carbocycles. The summed E-state index contributed by atoms with van der Waals surface area (Å²) in [6, 6.07) is 32.1. The van der Waals surface area contributed by atoms with Gasteiger partial charge >= 0.3 is 11.6 Å². The number of benzene rings is 5. The van der Waals surface area contributed by atoms with Crippen molar-refractivity contribution >= 4 is 72.5 Å². The first-order valence-electron chi connectivity index (χ1n) is 24.3. The molecule has 2 aliphatic heterocycles. The molecule has 22 heteroatoms. The zero-order valence-electron chi connectivity index (χ0n) is 41.6. The molecule has 2 aliphatic rings. The van der Waals surface area contributed by atoms with Gasteiger partial charge in [-0.15, -0.1) is 11.8 Å². The second kappa shape index (κ2) is 24.9. The van der Waals surface area contributed by atoms with Crippen LogP contribution in [0.1, 0.15) is 62.0 Å². The van der Waals surface area contributed by atoms with Crippen LogP contribution < -0.4 is 25.6 Å². The van der Waals surface area contributed by atoms with Crippen molar-refractivity contribution in [3.05, 3.63) is 137 Å². The number of rotatable bonds is 19. The Morgan fingerprint density at radius 1 is 0.853 bits per heavy atom. The summed E-state index contributed by atoms with van der Waals surface area (Å²) in [6.07, 6.45) is 0.811. The topological polar surface area (TPSA) is 193 Å². The fourth-order valence-electron chi connectivity index (χ4n) is 8.81. The number of hydrogen-bond acceptors (Lipinski definition) is 13. The van der Waals surface area contributed by atoms with Gasteiger partial charge in [0.05, 0.1) is 29.8 Å². The number of thioether (sulfide) groups is 1. The lowest BCUT2D eigenvalue weighted by atomic mass is 9.83. The minimum atomic E-state index is -6.12. The van der Waals surface area contributed by atoms with Crippen LogP contribution in [0, 0.1) is 5.92 Å². The van der Waals surface area contributed by atoms with Crippen LogP contribution in [-0.2, 0) is 34.1 Å². The molecule has 0 aromatic heterocycles. The monoisotopic (exact) mass is 1110 g/mol. The van der Waals surface area contributed by atoms with Crippen LogP contribution in [-0.4, -0.2) is 115 Å². The number of alkyl carbamates (subject to hydrolysis) is 1. The average Bonchev–Trinajstić information content (AvgIpc) is 3.38. The van der Waals surface area contributed by atoms with Crippen LogP contribution in [0.25, 0.3) is 11.1 Å². The molecule has 7 rings (SSSR count). The third-order valence-electron chi connectivity index (χ3n) is 12.6. The molecule has 75 heavy (non-hydrogen) atoms. The van der Waals surface area contributed by atoms with Crippen molar-refractivity contribution in [1.82, 2.24) is 20.3 Å². The standard InChI is InChI=1S/C53H60ClF3N6O9S3/c1-52(2,3)60-51(66)72-34-48(64)58-33-36-23-26-63(46(31-36)49-43(15-10-16-44(49)54)37-11-6-4-7-12-37)40-19-17-38(18-20-40)50(65)61-75(69,70)42-21-22-45(47(32-42)74(67,68)53(55,56)57)59-39(24-25-62-27-29-71-30-28-62)35-73-41-13-8-5-9-14-41/h4-22,32,36,39,46,59H,23-31,33-35H2,1-3H3,(H,58,64)(H,60,66)(H,61,65)/t36-,39-,46-/m1/s1. The number of sulfone groups is 1. The highest BCUT2D eigenvalue weighted by Crippen LogP contribution is 2.44. The molecule has 15 nitrogen and oxygen atoms in total. The molecule has 3 amide bonds. The van der Waals surface area contributed by atoms with Crippen LogP contribution in [0.15, 0.2) is 136 Å². The Bertz CT molecular complexity index is 3000. The Labute approximate surface area is 445 Å². The SMILES string of the molecule is CC(C)(C)NC(=O)OCC(=O)NC[C@@H]1CCN(c2ccc(C(=O)NS(=O)(=O)c3ccc(N[C@H](CCN4CCOCC4)CSc4ccccc4)c(S(=O)(=O)C(F)(F)F)c3)cc2)[C@@H](c2c(Cl)cccc2-c2ccccc2)C1. The summed E-state index contributed by atoms with van der Waals surface area (Å²) in [5.74, 6) is -1.30. The van der Waals surface area contributed by atoms with Gasteiger partial charge in [0.2, 0.25) is 0 Å². The lowest BCUT2D eigenvalue weighted by molar-refractivity contribution is -0.124. The van der Waals surface area contributed by atoms with Gasteiger partial charge in [0, 0.05) is 76.8 Å². The van der Waals surface area contributed by atoms with Gasteiger partial charge in [-0.3, -0.25) is 14.5 Å². The van der Waals surface area contributed by atoms with E-state index >= 15 is 0 Å². The number of halogens is 4. The van der Waals surface area contributed by atoms with Gasteiger partial charge in [-0.05, 0) is 118 Å². The fourth-order valence-corrected chi connectivity index (χ4v) is 12.1. The summed E-state index contributed by atoms with van der Waals surface area (Å²) in [4.78, 5) is 41.6. The number of sulfonamides is 1. The van der Waals surface area contributed by atoms with Crippen molar-refractivity contribution in [3.8, 4) is 11.1 Å². The van der Waals surface area contributed by atoms with Gasteiger partial charge in [0.1, 0.15) is 4.90 Å². The van der Waals surface area contributed by atoms with Crippen molar-refractivity contribution in [3.63, 3.8) is 0 Å². The molecule has 0 aliphatic carbocycles. The molecule has 5 aromatic rings. The molecular formula is C53H60ClF3N6O9S3. The summed E-state index contributed by atoms with van der Waals surface area (Å²) in [5, 5.41) is 9.01. The maximum Gasteiger partial charge on any atom is 0.501 e. The number of anilines is 2. The Balaban J connectivity index is 1.10. The van der Waals surface area contributed by atoms with Crippen LogP contribution in [0.4, 0.5) is 29.3 Å². The summed E-state index contributed by atoms with van der Waals surface area (Å²) in [6.45, 7) is 8.52. The van der Waals surface area contributed by atoms with Crippen LogP contribution >= 0.6 is 23.4 Å². The second-order valence-corrected chi connectivity index (χ2v) is 24.3. The van der Waals surface area contributed by atoms with E-state index in [0.717, 1.165) is 33.7 Å². The highest BCUT2D eigenvalue weighted by atomic mass is 35.5. The first kappa shape index (κ1) is 56.9. The van der Waals surface area contributed by atoms with Gasteiger partial charge in [-0.2, -0.15) is 13.2 Å². The Hall–Kier alpha value is -5.84. The first-order valence-corrected chi connectivity index (χ1v) is 28.6. The lowest BCUT2D eigenvalue weighted by Gasteiger charge is -2.42. The van der Waals surface area contributed by atoms with Gasteiger partial charge in [0.25, 0.3) is 31.7 Å². The molecule has 402 valence electrons. The number of ether oxygens (including phenoxy) is 2. The summed E-state index contributed by atoms with van der Waals surface area (Å²) < 4.78 is 109. The van der Waals surface area contributed by atoms with Gasteiger partial charge in [-0.25, -0.2) is 26.4 Å². The van der Waals surface area contributed by atoms with Crippen LogP contribution in [0.2, 0.25) is 5.02 Å². The third kappa shape index (κ3) is 15.4. The van der Waals surface area contributed by atoms with Gasteiger partial charge in [-0.1, -0.05) is 72.3 Å². The van der Waals surface area contributed by atoms with E-state index < -0.39 is 76.9 Å². The average molecular weight is 1110 g/mol. The number of nitrogens with one attached hydrogen (secondary N) is 4. The molecule has 0 saturated carbocycles. The number of carbonyl (C=O) groups is 3. The lowest BCUT2D eigenvalue weighted by Crippen LogP contribution is -2.43. The number of amides is 3. The number of morpholine rings is 1. The molecule has 0 bridgehead atoms. The quantitative estimate of drug-likeness (QED) is 0.0573. The van der Waals surface area contributed by atoms with E-state index in [9.17, 15) is 44.4 Å². The van der Waals surface area contributed by atoms with E-state index in [1.165, 1.54) is 23.9 Å². The van der Waals surface area contributed by atoms with E-state index in [0.29, 0.717) is 81.2 Å². The number of piperidine rings is 1. The van der Waals surface area contributed by atoms with E-state index in [-0.39, 0.29) is 24.1 Å². The van der Waals surface area contributed by atoms with Gasteiger partial charge < -0.3 is 30.3 Å². The molecule has 2 saturated heterocycles. The third-order valence-corrected chi connectivity index (χ3v) is 16.9. The first-order chi connectivity index (χ1) is 35.6. The zero-order valence-corrected chi connectivity index (χ0v) is 44.8. The van der Waals surface area contributed by atoms with Crippen molar-refractivity contribution < 1.29 is 53.9 Å². The Morgan fingerprint density at radius 2 is 1.53 bits per heavy atom. The normalized spacial score (nSPS) is 17.1. The van der Waals surface area contributed by atoms with Gasteiger partial charge in [0.15, 0.2) is 6.61 Å². The predicted octanol–water partition coefficient (Wildman–Crippen LogP) is 9.31. The molecule has 0 unspecified atom stereocenters. The molecule has 2 fully saturated rings. The van der Waals surface area contributed by atoms with Crippen molar-refractivity contribution in [2.45, 2.75) is 77.9 Å². The van der Waals surface area contributed by atoms with E-state index in [1.54, 1.807) is 39.0 Å². The van der Waals surface area contributed by atoms with Crippen molar-refractivity contribution in [2.75, 3.05) is 68.5 Å². The Kier molecular flexibility index (Phi) is 18.9. The van der Waals surface area contributed by atoms with Crippen molar-refractivity contribution in [1.29, 1.82) is 0 Å². The number of nitrogens with zero attached hydrogens (tertiary/aromatic N) is 2. The number of hydrogen-bond donors (Lipinski definition) is 4. The van der Waals surface area contributed by atoms with E-state index in [2.05, 4.69) is 25.8 Å². The summed E-state index contributed by atoms with van der Waals surface area (Å²) >= 11 is 8.46. The molecular weight excluding hydrogens is 1050 g/mol. The van der Waals surface area contributed by atoms with E-state index in [4.69, 9.17) is 21.1 Å². The van der Waals surface area contributed by atoms with E-state index in [1.807, 2.05) is 77.5 Å². The molecule has 4 N–H and O–H groups in total. The van der Waals surface area contributed by atoms with Crippen LogP contribution in [0.5, 0.6) is 0 Å². The maximum atomic E-state index is 14.3. The number of alkyl halides is 3. The van der Waals surface area contributed by atoms with Crippen LogP contribution in [0.3, 0.4) is 0 Å². The summed E-state index contributed by atoms with van der Waals surface area (Å²) in [7, 11) is -11.1. The largest absolute Gasteiger partial charge is 0.501 e. The molecule has 0 radical (unpaired) electrons. The number of carbonyl (C=O) groups excluding carboxylic acids is 3. The molecule has 3 atom stereocenters. The minimum Gasteiger partial charge on any atom is -0.439 e. The maximum absolute atomic E-state index is 14.3. The molecule has 2 heterocycles. The highest BCUT2D eigenvalue weighted by molar-refractivity contribution is 7.99.